The molecule has 12 heteroatoms. The molecule has 1 aliphatic carbocycles. The molecule has 0 bridgehead atoms. The van der Waals surface area contributed by atoms with Crippen molar-refractivity contribution in [2.75, 3.05) is 4.90 Å². The van der Waals surface area contributed by atoms with Gasteiger partial charge in [0.2, 0.25) is 0 Å². The molecule has 3 heterocycles. The third kappa shape index (κ3) is 4.19. The number of hydrogen-bond acceptors (Lipinski definition) is 6. The first-order chi connectivity index (χ1) is 19.4. The van der Waals surface area contributed by atoms with Gasteiger partial charge in [-0.25, -0.2) is 0 Å². The normalized spacial score (nSPS) is 22.8. The van der Waals surface area contributed by atoms with E-state index in [1.165, 1.54) is 25.4 Å². The Hall–Kier alpha value is -3.89. The van der Waals surface area contributed by atoms with Crippen LogP contribution in [0.15, 0.2) is 73.1 Å². The van der Waals surface area contributed by atoms with Crippen LogP contribution in [0.1, 0.15) is 47.9 Å². The van der Waals surface area contributed by atoms with Gasteiger partial charge in [-0.2, -0.15) is 0 Å². The Morgan fingerprint density at radius 1 is 1.00 bits per heavy atom. The van der Waals surface area contributed by atoms with Crippen molar-refractivity contribution in [3.05, 3.63) is 95.7 Å². The Labute approximate surface area is 235 Å². The van der Waals surface area contributed by atoms with Gasteiger partial charge >= 0.3 is 236 Å². The van der Waals surface area contributed by atoms with Gasteiger partial charge in [-0.3, -0.25) is 0 Å². The van der Waals surface area contributed by atoms with Gasteiger partial charge in [0.1, 0.15) is 0 Å². The third-order valence-electron chi connectivity index (χ3n) is 8.07. The van der Waals surface area contributed by atoms with Crippen LogP contribution in [0.5, 0.6) is 0 Å². The number of nitrogens with zero attached hydrogens (tertiary/aromatic N) is 5. The summed E-state index contributed by atoms with van der Waals surface area (Å²) in [5.41, 5.74) is 0.695. The number of amides is 1. The molecule has 212 valence electrons. The second-order valence-corrected chi connectivity index (χ2v) is 15.2. The maximum absolute atomic E-state index is 14.6. The molecule has 1 amide bonds. The van der Waals surface area contributed by atoms with E-state index >= 15 is 0 Å². The van der Waals surface area contributed by atoms with E-state index < -0.39 is 46.6 Å². The number of benzene rings is 2. The Morgan fingerprint density at radius 3 is 2.46 bits per heavy atom. The van der Waals surface area contributed by atoms with Gasteiger partial charge in [0.05, 0.1) is 0 Å². The van der Waals surface area contributed by atoms with E-state index in [2.05, 4.69) is 15.2 Å². The number of aromatic nitrogens is 4. The fourth-order valence-electron chi connectivity index (χ4n) is 6.35. The Morgan fingerprint density at radius 2 is 1.76 bits per heavy atom. The molecule has 2 aromatic heterocycles. The van der Waals surface area contributed by atoms with Gasteiger partial charge in [0, 0.05) is 0 Å². The molecule has 1 saturated heterocycles. The number of carbonyl (C=O) groups is 1. The number of aryl methyl sites for hydroxylation is 2. The predicted molar refractivity (Wildman–Crippen MR) is 144 cm³/mol. The van der Waals surface area contributed by atoms with Crippen molar-refractivity contribution in [3.63, 3.8) is 0 Å². The van der Waals surface area contributed by atoms with Gasteiger partial charge in [-0.15, -0.1) is 0 Å². The van der Waals surface area contributed by atoms with Crippen LogP contribution in [-0.4, -0.2) is 38.4 Å². The fourth-order valence-corrected chi connectivity index (χ4v) is 11.2. The first kappa shape index (κ1) is 27.3. The van der Waals surface area contributed by atoms with Crippen LogP contribution in [-0.2, 0) is 18.6 Å². The molecule has 2 aliphatic rings. The van der Waals surface area contributed by atoms with Gasteiger partial charge in [-0.1, -0.05) is 0 Å². The van der Waals surface area contributed by atoms with Crippen molar-refractivity contribution in [2.24, 2.45) is 5.92 Å². The average Bonchev–Trinajstić information content (AvgIpc) is 3.64. The van der Waals surface area contributed by atoms with Crippen LogP contribution >= 0.6 is 0 Å². The quantitative estimate of drug-likeness (QED) is 0.284. The Bertz CT molecular complexity index is 1760. The molecular formula is C29H26F3N5O3Se. The summed E-state index contributed by atoms with van der Waals surface area (Å²) in [6.45, 7) is 3.32. The number of rotatable bonds is 5. The molecule has 41 heavy (non-hydrogen) atoms. The molecule has 0 radical (unpaired) electrons. The number of fused-ring (bicyclic) bond motifs is 1. The molecule has 6 rings (SSSR count). The van der Waals surface area contributed by atoms with E-state index in [0.29, 0.717) is 18.5 Å². The molecule has 0 N–H and O–H groups in total. The second kappa shape index (κ2) is 9.60. The van der Waals surface area contributed by atoms with Crippen LogP contribution in [0.2, 0.25) is 4.31 Å². The minimum atomic E-state index is -5.30. The summed E-state index contributed by atoms with van der Waals surface area (Å²) in [6, 6.07) is 16.0. The van der Waals surface area contributed by atoms with Crippen LogP contribution < -0.4 is 9.36 Å². The average molecular weight is 629 g/mol. The summed E-state index contributed by atoms with van der Waals surface area (Å²) in [6.07, 6.45) is -2.35. The standard InChI is InChI=1S/C29H26F3N5O3Se/c1-18-8-6-9-21(14-18)36-17-33-35-26(36)25-23-12-7-13-28(23,41(39,40)22-10-4-3-5-11-22)27(38)37(25)24-16-20(29(30,31)32)15-19(2)34-24/h3-6,8-11,14-17,23,25H,7,12-13H2,1-2H3. The molecule has 8 nitrogen and oxygen atoms in total. The maximum atomic E-state index is 14.6. The summed E-state index contributed by atoms with van der Waals surface area (Å²) in [5, 5.41) is 8.43. The van der Waals surface area contributed by atoms with E-state index in [-0.39, 0.29) is 28.2 Å². The number of carbonyl (C=O) groups excluding carboxylic acids is 1. The van der Waals surface area contributed by atoms with Crippen molar-refractivity contribution in [1.82, 2.24) is 19.7 Å². The van der Waals surface area contributed by atoms with Gasteiger partial charge in [0.25, 0.3) is 0 Å². The minimum absolute atomic E-state index is 0.0463. The van der Waals surface area contributed by atoms with Crippen LogP contribution in [0.3, 0.4) is 0 Å². The van der Waals surface area contributed by atoms with E-state index in [1.54, 1.807) is 22.8 Å². The monoisotopic (exact) mass is 629 g/mol. The summed E-state index contributed by atoms with van der Waals surface area (Å²) in [4.78, 5) is 20.1. The molecule has 3 atom stereocenters. The van der Waals surface area contributed by atoms with Crippen molar-refractivity contribution in [3.8, 4) is 5.69 Å². The molecule has 4 aromatic rings. The van der Waals surface area contributed by atoms with Crippen LogP contribution in [0.4, 0.5) is 19.0 Å². The van der Waals surface area contributed by atoms with E-state index in [1.807, 2.05) is 31.2 Å². The summed E-state index contributed by atoms with van der Waals surface area (Å²) < 4.78 is 70.4. The van der Waals surface area contributed by atoms with Gasteiger partial charge in [-0.05, 0) is 0 Å². The zero-order valence-electron chi connectivity index (χ0n) is 22.2. The van der Waals surface area contributed by atoms with Crippen molar-refractivity contribution < 1.29 is 25.6 Å². The molecule has 2 fully saturated rings. The first-order valence-electron chi connectivity index (χ1n) is 13.1. The van der Waals surface area contributed by atoms with Crippen molar-refractivity contribution >= 4 is 28.9 Å². The molecule has 0 spiro atoms. The molecule has 1 saturated carbocycles. The summed E-state index contributed by atoms with van der Waals surface area (Å²) >= 11 is -5.30. The van der Waals surface area contributed by atoms with Crippen molar-refractivity contribution in [1.29, 1.82) is 0 Å². The molecular weight excluding hydrogens is 602 g/mol. The van der Waals surface area contributed by atoms with Crippen LogP contribution in [0.25, 0.3) is 5.69 Å². The van der Waals surface area contributed by atoms with Gasteiger partial charge < -0.3 is 0 Å². The van der Waals surface area contributed by atoms with Gasteiger partial charge in [0.15, 0.2) is 0 Å². The zero-order valence-corrected chi connectivity index (χ0v) is 23.9. The van der Waals surface area contributed by atoms with E-state index in [9.17, 15) is 25.6 Å². The van der Waals surface area contributed by atoms with E-state index in [0.717, 1.165) is 22.6 Å². The number of halogens is 3. The van der Waals surface area contributed by atoms with Crippen LogP contribution in [0, 0.1) is 19.8 Å². The predicted octanol–water partition coefficient (Wildman–Crippen LogP) is 5.14. The Balaban J connectivity index is 1.61. The summed E-state index contributed by atoms with van der Waals surface area (Å²) in [7, 11) is 0. The second-order valence-electron chi connectivity index (χ2n) is 10.6. The Kier molecular flexibility index (Phi) is 6.39. The molecule has 3 unspecified atom stereocenters. The number of pyridine rings is 1. The topological polar surface area (TPSA) is 98.0 Å². The number of hydrogen-bond donors (Lipinski definition) is 0. The first-order valence-corrected chi connectivity index (χ1v) is 16.2. The van der Waals surface area contributed by atoms with Crippen molar-refractivity contribution in [2.45, 2.75) is 49.6 Å². The zero-order chi connectivity index (χ0) is 29.2. The number of anilines is 1. The molecule has 1 aliphatic heterocycles. The third-order valence-corrected chi connectivity index (χ3v) is 13.4. The van der Waals surface area contributed by atoms with E-state index in [4.69, 9.17) is 0 Å². The summed E-state index contributed by atoms with van der Waals surface area (Å²) in [5.74, 6) is -1.56. The SMILES string of the molecule is Cc1cccc(-n2cnnc2C2C3CCCC3([Se](=O)(=O)c3ccccc3)C(=O)N2c2cc(C(F)(F)F)cc(C)n2)c1. The molecule has 2 aromatic carbocycles. The fraction of sp³-hybridized carbons (Fsp3) is 0.310. The number of alkyl halides is 3.